The Balaban J connectivity index is 1.25. The third-order valence-corrected chi connectivity index (χ3v) is 6.73. The average Bonchev–Trinajstić information content (AvgIpc) is 3.04. The number of piperidine rings is 1. The second-order valence-corrected chi connectivity index (χ2v) is 8.95. The Morgan fingerprint density at radius 3 is 2.44 bits per heavy atom. The smallest absolute Gasteiger partial charge is 0.270 e. The predicted octanol–water partition coefficient (Wildman–Crippen LogP) is 2.53. The van der Waals surface area contributed by atoms with Gasteiger partial charge in [0.15, 0.2) is 5.78 Å². The van der Waals surface area contributed by atoms with Crippen molar-refractivity contribution >= 4 is 29.2 Å². The molecule has 10 nitrogen and oxygen atoms in total. The van der Waals surface area contributed by atoms with Crippen LogP contribution in [-0.2, 0) is 4.79 Å². The minimum atomic E-state index is -0.723. The number of amides is 3. The van der Waals surface area contributed by atoms with Gasteiger partial charge in [-0.3, -0.25) is 34.2 Å². The van der Waals surface area contributed by atoms with Crippen LogP contribution in [0.3, 0.4) is 0 Å². The van der Waals surface area contributed by atoms with E-state index in [0.29, 0.717) is 37.2 Å². The lowest BCUT2D eigenvalue weighted by atomic mass is 9.82. The molecule has 0 aromatic heterocycles. The molecule has 0 bridgehead atoms. The van der Waals surface area contributed by atoms with E-state index in [0.717, 1.165) is 22.6 Å². The first-order chi connectivity index (χ1) is 16.2. The molecule has 0 radical (unpaired) electrons. The minimum absolute atomic E-state index is 0.0184. The summed E-state index contributed by atoms with van der Waals surface area (Å²) in [5.41, 5.74) is 0.555. The van der Waals surface area contributed by atoms with Crippen molar-refractivity contribution in [3.63, 3.8) is 0 Å². The summed E-state index contributed by atoms with van der Waals surface area (Å²) >= 11 is 0. The van der Waals surface area contributed by atoms with E-state index in [1.54, 1.807) is 11.0 Å². The average molecular weight is 463 g/mol. The summed E-state index contributed by atoms with van der Waals surface area (Å²) in [6.07, 6.45) is 1.14. The first kappa shape index (κ1) is 21.7. The zero-order chi connectivity index (χ0) is 24.2. The van der Waals surface area contributed by atoms with Crippen LogP contribution in [0.25, 0.3) is 0 Å². The molecular weight excluding hydrogens is 442 g/mol. The van der Waals surface area contributed by atoms with E-state index >= 15 is 0 Å². The highest BCUT2D eigenvalue weighted by Crippen LogP contribution is 2.39. The number of nitro benzene ring substituents is 1. The highest BCUT2D eigenvalue weighted by molar-refractivity contribution is 6.22. The molecule has 34 heavy (non-hydrogen) atoms. The molecule has 0 aliphatic carbocycles. The van der Waals surface area contributed by atoms with Gasteiger partial charge in [-0.15, -0.1) is 0 Å². The van der Waals surface area contributed by atoms with E-state index in [2.05, 4.69) is 0 Å². The highest BCUT2D eigenvalue weighted by Gasteiger charge is 2.45. The molecule has 174 valence electrons. The van der Waals surface area contributed by atoms with Crippen molar-refractivity contribution in [2.24, 2.45) is 0 Å². The molecule has 0 saturated carbocycles. The van der Waals surface area contributed by atoms with Crippen molar-refractivity contribution in [1.29, 1.82) is 0 Å². The van der Waals surface area contributed by atoms with Gasteiger partial charge >= 0.3 is 0 Å². The van der Waals surface area contributed by atoms with E-state index < -0.39 is 34.8 Å². The molecular formula is C24H21N3O7. The molecule has 0 atom stereocenters. The van der Waals surface area contributed by atoms with Gasteiger partial charge in [0.05, 0.1) is 28.0 Å². The number of Topliss-reactive ketones (excluding diaryl/α,β-unsaturated/α-hetero) is 1. The normalized spacial score (nSPS) is 18.6. The van der Waals surface area contributed by atoms with Crippen LogP contribution < -0.4 is 4.74 Å². The molecule has 1 saturated heterocycles. The van der Waals surface area contributed by atoms with Gasteiger partial charge in [-0.2, -0.15) is 0 Å². The van der Waals surface area contributed by atoms with Crippen molar-refractivity contribution in [3.8, 4) is 5.75 Å². The highest BCUT2D eigenvalue weighted by atomic mass is 16.6. The Labute approximate surface area is 194 Å². The van der Waals surface area contributed by atoms with E-state index in [9.17, 15) is 29.3 Å². The Bertz CT molecular complexity index is 1280. The fourth-order valence-corrected chi connectivity index (χ4v) is 4.82. The maximum Gasteiger partial charge on any atom is 0.270 e. The number of hydrogen-bond acceptors (Lipinski definition) is 7. The third-order valence-electron chi connectivity index (χ3n) is 6.73. The molecule has 5 rings (SSSR count). The van der Waals surface area contributed by atoms with Crippen LogP contribution in [0.2, 0.25) is 0 Å². The zero-order valence-electron chi connectivity index (χ0n) is 18.4. The molecule has 1 spiro atoms. The van der Waals surface area contributed by atoms with Crippen LogP contribution >= 0.6 is 0 Å². The number of fused-ring (bicyclic) bond motifs is 2. The van der Waals surface area contributed by atoms with E-state index in [-0.39, 0.29) is 29.0 Å². The molecule has 3 aliphatic rings. The first-order valence-corrected chi connectivity index (χ1v) is 10.9. The van der Waals surface area contributed by atoms with Crippen molar-refractivity contribution in [2.45, 2.75) is 31.8 Å². The van der Waals surface area contributed by atoms with Gasteiger partial charge in [-0.25, -0.2) is 0 Å². The number of non-ortho nitro benzene ring substituents is 1. The molecule has 3 aliphatic heterocycles. The quantitative estimate of drug-likeness (QED) is 0.389. The molecule has 2 aromatic carbocycles. The summed E-state index contributed by atoms with van der Waals surface area (Å²) in [5.74, 6) is -1.20. The number of ketones is 1. The SMILES string of the molecule is Cc1ccc2c(c1)C(=O)CC1(CCN(C(=O)CN3C(=O)c4ccc([N+](=O)[O-])cc4C3=O)CC1)O2. The number of nitro groups is 1. The number of benzene rings is 2. The monoisotopic (exact) mass is 463 g/mol. The van der Waals surface area contributed by atoms with Gasteiger partial charge < -0.3 is 9.64 Å². The lowest BCUT2D eigenvalue weighted by Crippen LogP contribution is -2.54. The van der Waals surface area contributed by atoms with Gasteiger partial charge in [0.25, 0.3) is 17.5 Å². The van der Waals surface area contributed by atoms with Crippen molar-refractivity contribution in [2.75, 3.05) is 19.6 Å². The van der Waals surface area contributed by atoms with Gasteiger partial charge in [-0.1, -0.05) is 11.6 Å². The Morgan fingerprint density at radius 2 is 1.74 bits per heavy atom. The summed E-state index contributed by atoms with van der Waals surface area (Å²) in [5, 5.41) is 11.0. The minimum Gasteiger partial charge on any atom is -0.486 e. The molecule has 2 aromatic rings. The second-order valence-electron chi connectivity index (χ2n) is 8.95. The summed E-state index contributed by atoms with van der Waals surface area (Å²) in [7, 11) is 0. The van der Waals surface area contributed by atoms with Crippen molar-refractivity contribution in [1.82, 2.24) is 9.80 Å². The van der Waals surface area contributed by atoms with Crippen LogP contribution in [0.4, 0.5) is 5.69 Å². The maximum absolute atomic E-state index is 12.9. The fraction of sp³-hybridized carbons (Fsp3) is 0.333. The van der Waals surface area contributed by atoms with Gasteiger partial charge in [0.1, 0.15) is 17.9 Å². The number of rotatable bonds is 3. The zero-order valence-corrected chi connectivity index (χ0v) is 18.4. The molecule has 10 heteroatoms. The molecule has 0 unspecified atom stereocenters. The maximum atomic E-state index is 12.9. The Morgan fingerprint density at radius 1 is 1.03 bits per heavy atom. The number of imide groups is 1. The summed E-state index contributed by atoms with van der Waals surface area (Å²) in [6.45, 7) is 2.11. The largest absolute Gasteiger partial charge is 0.486 e. The van der Waals surface area contributed by atoms with Gasteiger partial charge in [0, 0.05) is 38.1 Å². The molecule has 3 amide bonds. The van der Waals surface area contributed by atoms with E-state index in [1.807, 2.05) is 19.1 Å². The lowest BCUT2D eigenvalue weighted by Gasteiger charge is -2.44. The van der Waals surface area contributed by atoms with Crippen LogP contribution in [0.15, 0.2) is 36.4 Å². The van der Waals surface area contributed by atoms with Crippen molar-refractivity contribution in [3.05, 3.63) is 68.8 Å². The fourth-order valence-electron chi connectivity index (χ4n) is 4.82. The lowest BCUT2D eigenvalue weighted by molar-refractivity contribution is -0.384. The Kier molecular flexibility index (Phi) is 4.96. The topological polar surface area (TPSA) is 127 Å². The Hall–Kier alpha value is -4.08. The third kappa shape index (κ3) is 3.51. The summed E-state index contributed by atoms with van der Waals surface area (Å²) < 4.78 is 6.22. The van der Waals surface area contributed by atoms with Crippen LogP contribution in [0.1, 0.15) is 55.9 Å². The van der Waals surface area contributed by atoms with Gasteiger partial charge in [-0.05, 0) is 25.1 Å². The van der Waals surface area contributed by atoms with E-state index in [1.165, 1.54) is 6.07 Å². The summed E-state index contributed by atoms with van der Waals surface area (Å²) in [4.78, 5) is 63.6. The van der Waals surface area contributed by atoms with Crippen LogP contribution in [0, 0.1) is 17.0 Å². The number of hydrogen-bond donors (Lipinski definition) is 0. The molecule has 3 heterocycles. The number of aryl methyl sites for hydroxylation is 1. The standard InChI is InChI=1S/C24H21N3O7/c1-14-2-5-20-18(10-14)19(28)12-24(34-20)6-8-25(9-7-24)21(29)13-26-22(30)16-4-3-15(27(32)33)11-17(16)23(26)31/h2-5,10-11H,6-9,12-13H2,1H3. The van der Waals surface area contributed by atoms with Crippen LogP contribution in [-0.4, -0.2) is 63.5 Å². The molecule has 1 fully saturated rings. The first-order valence-electron chi connectivity index (χ1n) is 10.9. The predicted molar refractivity (Wildman–Crippen MR) is 118 cm³/mol. The van der Waals surface area contributed by atoms with Gasteiger partial charge in [0.2, 0.25) is 5.91 Å². The number of likely N-dealkylation sites (tertiary alicyclic amines) is 1. The summed E-state index contributed by atoms with van der Waals surface area (Å²) in [6, 6.07) is 8.96. The number of nitrogens with zero attached hydrogens (tertiary/aromatic N) is 3. The van der Waals surface area contributed by atoms with Crippen LogP contribution in [0.5, 0.6) is 5.75 Å². The van der Waals surface area contributed by atoms with Crippen molar-refractivity contribution < 1.29 is 28.8 Å². The number of carbonyl (C=O) groups is 4. The molecule has 0 N–H and O–H groups in total. The van der Waals surface area contributed by atoms with E-state index in [4.69, 9.17) is 4.74 Å². The number of carbonyl (C=O) groups excluding carboxylic acids is 4. The number of ether oxygens (including phenoxy) is 1. The second kappa shape index (κ2) is 7.75.